The topological polar surface area (TPSA) is 255 Å². The lowest BCUT2D eigenvalue weighted by atomic mass is 9.95. The smallest absolute Gasteiger partial charge is 0.217 e. The maximum absolute atomic E-state index is 14.7. The summed E-state index contributed by atoms with van der Waals surface area (Å²) in [5, 5.41) is 77.3. The average molecular weight is 679 g/mol. The number of halogens is 1. The van der Waals surface area contributed by atoms with Gasteiger partial charge >= 0.3 is 0 Å². The van der Waals surface area contributed by atoms with E-state index in [4.69, 9.17) is 28.4 Å². The van der Waals surface area contributed by atoms with Gasteiger partial charge in [0.2, 0.25) is 11.8 Å². The number of nitrogens with one attached hydrogen (secondary N) is 2. The number of aliphatic hydroxyl groups excluding tert-OH is 7. The molecule has 1 aromatic carbocycles. The van der Waals surface area contributed by atoms with Crippen LogP contribution in [0.25, 0.3) is 0 Å². The van der Waals surface area contributed by atoms with Crippen LogP contribution >= 0.6 is 0 Å². The van der Waals surface area contributed by atoms with Crippen LogP contribution in [0.2, 0.25) is 0 Å². The molecular formula is C29H43FN2O15. The summed E-state index contributed by atoms with van der Waals surface area (Å²) in [7, 11) is 0. The van der Waals surface area contributed by atoms with Crippen LogP contribution in [-0.2, 0) is 44.6 Å². The first-order valence-electron chi connectivity index (χ1n) is 15.1. The molecule has 1 aromatic rings. The predicted octanol–water partition coefficient (Wildman–Crippen LogP) is -4.08. The molecule has 0 saturated carbocycles. The summed E-state index contributed by atoms with van der Waals surface area (Å²) in [6, 6.07) is 6.14. The van der Waals surface area contributed by atoms with Gasteiger partial charge in [-0.15, -0.1) is 0 Å². The maximum atomic E-state index is 14.7. The maximum Gasteiger partial charge on any atom is 0.217 e. The van der Waals surface area contributed by atoms with Crippen LogP contribution in [0.15, 0.2) is 30.3 Å². The van der Waals surface area contributed by atoms with Crippen molar-refractivity contribution in [2.45, 2.75) is 113 Å². The lowest BCUT2D eigenvalue weighted by Gasteiger charge is -2.48. The number of hydrogen-bond donors (Lipinski definition) is 9. The molecule has 0 radical (unpaired) electrons. The number of aliphatic hydroxyl groups is 7. The van der Waals surface area contributed by atoms with Crippen molar-refractivity contribution in [3.05, 3.63) is 35.9 Å². The highest BCUT2D eigenvalue weighted by Crippen LogP contribution is 2.31. The Bertz CT molecular complexity index is 1150. The number of amides is 2. The predicted molar refractivity (Wildman–Crippen MR) is 152 cm³/mol. The minimum Gasteiger partial charge on any atom is -0.394 e. The fraction of sp³-hybridized carbons (Fsp3) is 0.724. The highest BCUT2D eigenvalue weighted by molar-refractivity contribution is 5.73. The highest BCUT2D eigenvalue weighted by atomic mass is 19.1. The minimum atomic E-state index is -2.07. The molecule has 0 unspecified atom stereocenters. The zero-order valence-electron chi connectivity index (χ0n) is 25.6. The lowest BCUT2D eigenvalue weighted by Crippen LogP contribution is -2.68. The number of alkyl halides is 1. The lowest BCUT2D eigenvalue weighted by molar-refractivity contribution is -0.349. The Balaban J connectivity index is 1.61. The zero-order valence-corrected chi connectivity index (χ0v) is 25.6. The van der Waals surface area contributed by atoms with Crippen LogP contribution < -0.4 is 10.6 Å². The van der Waals surface area contributed by atoms with Gasteiger partial charge in [-0.1, -0.05) is 30.3 Å². The first kappa shape index (κ1) is 37.4. The highest BCUT2D eigenvalue weighted by Gasteiger charge is 2.53. The van der Waals surface area contributed by atoms with E-state index in [9.17, 15) is 49.7 Å². The molecule has 266 valence electrons. The number of carbonyl (C=O) groups is 2. The van der Waals surface area contributed by atoms with Gasteiger partial charge in [-0.2, -0.15) is 0 Å². The summed E-state index contributed by atoms with van der Waals surface area (Å²) in [5.74, 6) is -1.23. The summed E-state index contributed by atoms with van der Waals surface area (Å²) in [6.07, 6.45) is -21.4. The summed E-state index contributed by atoms with van der Waals surface area (Å²) in [5.41, 5.74) is 0.710. The number of carbonyl (C=O) groups excluding carboxylic acids is 2. The van der Waals surface area contributed by atoms with Gasteiger partial charge in [0.15, 0.2) is 25.0 Å². The quantitative estimate of drug-likeness (QED) is 0.102. The fourth-order valence-electron chi connectivity index (χ4n) is 5.61. The van der Waals surface area contributed by atoms with Crippen molar-refractivity contribution in [3.8, 4) is 0 Å². The molecule has 3 heterocycles. The molecule has 2 amide bonds. The molecule has 47 heavy (non-hydrogen) atoms. The second-order valence-electron chi connectivity index (χ2n) is 11.6. The summed E-state index contributed by atoms with van der Waals surface area (Å²) >= 11 is 0. The van der Waals surface area contributed by atoms with Crippen molar-refractivity contribution >= 4 is 11.8 Å². The first-order valence-corrected chi connectivity index (χ1v) is 15.1. The molecule has 18 heteroatoms. The van der Waals surface area contributed by atoms with Crippen molar-refractivity contribution in [1.82, 2.24) is 10.6 Å². The summed E-state index contributed by atoms with van der Waals surface area (Å²) in [6.45, 7) is 0.112. The van der Waals surface area contributed by atoms with Crippen LogP contribution in [0.3, 0.4) is 0 Å². The van der Waals surface area contributed by atoms with E-state index >= 15 is 0 Å². The first-order chi connectivity index (χ1) is 22.4. The Labute approximate surface area is 269 Å². The van der Waals surface area contributed by atoms with Crippen molar-refractivity contribution < 1.29 is 78.1 Å². The Morgan fingerprint density at radius 2 is 1.30 bits per heavy atom. The second-order valence-corrected chi connectivity index (χ2v) is 11.6. The van der Waals surface area contributed by atoms with Crippen molar-refractivity contribution in [2.24, 2.45) is 0 Å². The Hall–Kier alpha value is -2.43. The van der Waals surface area contributed by atoms with E-state index in [1.54, 1.807) is 30.3 Å². The van der Waals surface area contributed by atoms with E-state index < -0.39 is 124 Å². The van der Waals surface area contributed by atoms with Crippen molar-refractivity contribution in [1.29, 1.82) is 0 Å². The van der Waals surface area contributed by atoms with E-state index in [-0.39, 0.29) is 6.61 Å². The van der Waals surface area contributed by atoms with Gasteiger partial charge in [0, 0.05) is 13.8 Å². The van der Waals surface area contributed by atoms with Gasteiger partial charge in [-0.3, -0.25) is 9.59 Å². The molecule has 3 fully saturated rings. The normalized spacial score (nSPS) is 40.9. The molecule has 17 nitrogen and oxygen atoms in total. The van der Waals surface area contributed by atoms with Gasteiger partial charge in [-0.25, -0.2) is 4.39 Å². The minimum absolute atomic E-state index is 0.0450. The van der Waals surface area contributed by atoms with Crippen LogP contribution in [0.1, 0.15) is 19.4 Å². The van der Waals surface area contributed by atoms with Gasteiger partial charge in [-0.05, 0) is 5.56 Å². The molecule has 3 aliphatic rings. The number of ether oxygens (including phenoxy) is 6. The largest absolute Gasteiger partial charge is 0.394 e. The van der Waals surface area contributed by atoms with Crippen molar-refractivity contribution in [2.75, 3.05) is 19.8 Å². The fourth-order valence-corrected chi connectivity index (χ4v) is 5.61. The molecule has 3 aliphatic heterocycles. The molecule has 4 rings (SSSR count). The van der Waals surface area contributed by atoms with E-state index in [1.807, 2.05) is 0 Å². The standard InChI is InChI=1S/C29H43FN2O15/c1-12(35)31-19-23(39)18(30)15(8-33)44-27(19)43-11-17-22(38)26(47-29-25(41)24(40)21(37)16(9-34)45-29)20(32-13(2)36)28(46-17)42-10-14-6-4-3-5-7-14/h3-7,15-29,33-34,37-41H,8-11H2,1-2H3,(H,31,35)(H,32,36)/t15-,16-,17-,18-,19-,20-,21+,22+,23+,24+,25-,26-,27-,28+,29+/m1/s1. The third-order valence-electron chi connectivity index (χ3n) is 8.07. The van der Waals surface area contributed by atoms with Gasteiger partial charge < -0.3 is 74.8 Å². The Morgan fingerprint density at radius 3 is 1.91 bits per heavy atom. The van der Waals surface area contributed by atoms with Crippen LogP contribution in [0.4, 0.5) is 4.39 Å². The van der Waals surface area contributed by atoms with E-state index in [0.717, 1.165) is 6.92 Å². The molecule has 0 aliphatic carbocycles. The molecule has 9 N–H and O–H groups in total. The molecule has 0 spiro atoms. The van der Waals surface area contributed by atoms with Gasteiger partial charge in [0.05, 0.1) is 26.4 Å². The number of rotatable bonds is 12. The Kier molecular flexibility index (Phi) is 13.4. The van der Waals surface area contributed by atoms with E-state index in [2.05, 4.69) is 10.6 Å². The van der Waals surface area contributed by atoms with E-state index in [0.29, 0.717) is 5.56 Å². The molecule has 0 aromatic heterocycles. The Morgan fingerprint density at radius 1 is 0.723 bits per heavy atom. The van der Waals surface area contributed by atoms with Crippen LogP contribution in [0.5, 0.6) is 0 Å². The summed E-state index contributed by atoms with van der Waals surface area (Å²) in [4.78, 5) is 24.1. The monoisotopic (exact) mass is 678 g/mol. The molecule has 3 saturated heterocycles. The van der Waals surface area contributed by atoms with Crippen LogP contribution in [-0.4, -0.2) is 159 Å². The second kappa shape index (κ2) is 16.8. The molecule has 15 atom stereocenters. The third kappa shape index (κ3) is 8.98. The zero-order chi connectivity index (χ0) is 34.4. The van der Waals surface area contributed by atoms with Crippen molar-refractivity contribution in [3.63, 3.8) is 0 Å². The van der Waals surface area contributed by atoms with Gasteiger partial charge in [0.25, 0.3) is 0 Å². The molecular weight excluding hydrogens is 635 g/mol. The van der Waals surface area contributed by atoms with Crippen LogP contribution in [0, 0.1) is 0 Å². The SMILES string of the molecule is CC(=O)N[C@H]1[C@H](OC[C@H]2O[C@H](OCc3ccccc3)[C@H](NC(C)=O)[C@@H](O[C@@H]3O[C@H](CO)[C@H](O)[C@H](O)[C@H]3O)[C@H]2O)O[C@H](CO)[C@@H](F)[C@@H]1O. The van der Waals surface area contributed by atoms with Gasteiger partial charge in [0.1, 0.15) is 67.0 Å². The molecule has 0 bridgehead atoms. The number of benzene rings is 1. The third-order valence-corrected chi connectivity index (χ3v) is 8.07. The number of hydrogen-bond acceptors (Lipinski definition) is 15. The summed E-state index contributed by atoms with van der Waals surface area (Å²) < 4.78 is 49.3. The van der Waals surface area contributed by atoms with E-state index in [1.165, 1.54) is 6.92 Å². The average Bonchev–Trinajstić information content (AvgIpc) is 3.04.